The van der Waals surface area contributed by atoms with Crippen molar-refractivity contribution in [1.82, 2.24) is 14.3 Å². The number of carbonyl (C=O) groups excluding carboxylic acids is 1. The van der Waals surface area contributed by atoms with Gasteiger partial charge in [0.1, 0.15) is 11.5 Å². The highest BCUT2D eigenvalue weighted by atomic mass is 35.5. The highest BCUT2D eigenvalue weighted by Gasteiger charge is 2.20. The van der Waals surface area contributed by atoms with Gasteiger partial charge in [-0.3, -0.25) is 9.59 Å². The van der Waals surface area contributed by atoms with Crippen molar-refractivity contribution in [2.45, 2.75) is 13.1 Å². The Balaban J connectivity index is 1.51. The second kappa shape index (κ2) is 9.54. The number of rotatable bonds is 7. The summed E-state index contributed by atoms with van der Waals surface area (Å²) in [4.78, 5) is 27.3. The van der Waals surface area contributed by atoms with Crippen molar-refractivity contribution in [2.24, 2.45) is 0 Å². The van der Waals surface area contributed by atoms with Gasteiger partial charge >= 0.3 is 5.91 Å². The number of nitrogens with one attached hydrogen (secondary N) is 1. The second-order valence-corrected chi connectivity index (χ2v) is 9.31. The molecule has 34 heavy (non-hydrogen) atoms. The van der Waals surface area contributed by atoms with E-state index >= 15 is 0 Å². The molecule has 0 aliphatic rings. The fraction of sp³-hybridized carbons (Fsp3) is 0.0800. The molecular weight excluding hydrogens is 472 g/mol. The van der Waals surface area contributed by atoms with Gasteiger partial charge in [-0.2, -0.15) is 9.78 Å². The van der Waals surface area contributed by atoms with E-state index in [0.717, 1.165) is 10.4 Å². The average molecular weight is 491 g/mol. The molecule has 9 heteroatoms. The standard InChI is InChI=1S/C25H19ClN4O3S/c26-22-11-10-18(34-22)15-27-23-14-20(28-30(23)25(32)21-9-5-13-33-21)19-8-4-12-29(24(19)31)16-17-6-2-1-3-7-17/h1-14,27H,15-16H2. The van der Waals surface area contributed by atoms with Gasteiger partial charge in [0.05, 0.1) is 29.3 Å². The molecule has 0 spiro atoms. The Morgan fingerprint density at radius 1 is 1.06 bits per heavy atom. The molecule has 4 heterocycles. The molecule has 1 aromatic carbocycles. The van der Waals surface area contributed by atoms with Crippen LogP contribution in [0.3, 0.4) is 0 Å². The van der Waals surface area contributed by atoms with E-state index in [1.807, 2.05) is 42.5 Å². The zero-order valence-electron chi connectivity index (χ0n) is 17.8. The Labute approximate surface area is 203 Å². The molecule has 0 aliphatic heterocycles. The molecule has 5 rings (SSSR count). The van der Waals surface area contributed by atoms with Crippen molar-refractivity contribution in [3.05, 3.63) is 116 Å². The molecule has 0 amide bonds. The van der Waals surface area contributed by atoms with Crippen LogP contribution in [0.5, 0.6) is 0 Å². The van der Waals surface area contributed by atoms with Gasteiger partial charge in [-0.15, -0.1) is 11.3 Å². The summed E-state index contributed by atoms with van der Waals surface area (Å²) in [5.74, 6) is 0.147. The minimum absolute atomic E-state index is 0.145. The van der Waals surface area contributed by atoms with Gasteiger partial charge in [-0.1, -0.05) is 41.9 Å². The summed E-state index contributed by atoms with van der Waals surface area (Å²) < 4.78 is 8.80. The molecule has 1 N–H and O–H groups in total. The Morgan fingerprint density at radius 3 is 2.65 bits per heavy atom. The zero-order chi connectivity index (χ0) is 23.5. The molecule has 0 unspecified atom stereocenters. The van der Waals surface area contributed by atoms with Gasteiger partial charge in [0.15, 0.2) is 5.76 Å². The predicted octanol–water partition coefficient (Wildman–Crippen LogP) is 5.37. The number of nitrogens with zero attached hydrogens (tertiary/aromatic N) is 3. The first-order valence-electron chi connectivity index (χ1n) is 10.5. The summed E-state index contributed by atoms with van der Waals surface area (Å²) in [6.45, 7) is 0.880. The van der Waals surface area contributed by atoms with Crippen molar-refractivity contribution in [3.63, 3.8) is 0 Å². The fourth-order valence-electron chi connectivity index (χ4n) is 3.56. The maximum Gasteiger partial charge on any atom is 0.315 e. The third kappa shape index (κ3) is 4.59. The summed E-state index contributed by atoms with van der Waals surface area (Å²) in [5.41, 5.74) is 1.60. The van der Waals surface area contributed by atoms with Crippen LogP contribution in [0.15, 0.2) is 94.5 Å². The number of halogens is 1. The van der Waals surface area contributed by atoms with Gasteiger partial charge in [-0.05, 0) is 42.0 Å². The lowest BCUT2D eigenvalue weighted by atomic mass is 10.2. The molecule has 0 saturated heterocycles. The maximum absolute atomic E-state index is 13.3. The predicted molar refractivity (Wildman–Crippen MR) is 133 cm³/mol. The monoisotopic (exact) mass is 490 g/mol. The molecule has 4 aromatic heterocycles. The molecule has 170 valence electrons. The van der Waals surface area contributed by atoms with Crippen LogP contribution in [0, 0.1) is 0 Å². The van der Waals surface area contributed by atoms with Gasteiger partial charge in [0.2, 0.25) is 0 Å². The van der Waals surface area contributed by atoms with Crippen LogP contribution < -0.4 is 10.9 Å². The molecule has 0 radical (unpaired) electrons. The van der Waals surface area contributed by atoms with E-state index in [2.05, 4.69) is 10.4 Å². The lowest BCUT2D eigenvalue weighted by Crippen LogP contribution is -2.21. The summed E-state index contributed by atoms with van der Waals surface area (Å²) in [6.07, 6.45) is 3.17. The van der Waals surface area contributed by atoms with E-state index < -0.39 is 5.91 Å². The van der Waals surface area contributed by atoms with E-state index in [4.69, 9.17) is 16.0 Å². The molecule has 0 atom stereocenters. The summed E-state index contributed by atoms with van der Waals surface area (Å²) in [5, 5.41) is 7.70. The quantitative estimate of drug-likeness (QED) is 0.331. The van der Waals surface area contributed by atoms with Crippen LogP contribution in [0.25, 0.3) is 11.3 Å². The number of thiophene rings is 1. The van der Waals surface area contributed by atoms with Crippen molar-refractivity contribution >= 4 is 34.7 Å². The fourth-order valence-corrected chi connectivity index (χ4v) is 4.59. The summed E-state index contributed by atoms with van der Waals surface area (Å²) >= 11 is 7.48. The van der Waals surface area contributed by atoms with E-state index in [9.17, 15) is 9.59 Å². The molecule has 0 aliphatic carbocycles. The van der Waals surface area contributed by atoms with Crippen LogP contribution in [0.4, 0.5) is 5.82 Å². The molecule has 0 saturated carbocycles. The number of benzene rings is 1. The van der Waals surface area contributed by atoms with Crippen molar-refractivity contribution in [1.29, 1.82) is 0 Å². The number of hydrogen-bond acceptors (Lipinski definition) is 6. The second-order valence-electron chi connectivity index (χ2n) is 7.51. The third-order valence-corrected chi connectivity index (χ3v) is 6.43. The minimum atomic E-state index is -0.441. The number of carbonyl (C=O) groups is 1. The average Bonchev–Trinajstić information content (AvgIpc) is 3.61. The van der Waals surface area contributed by atoms with Gasteiger partial charge in [0, 0.05) is 17.1 Å². The number of furan rings is 1. The highest BCUT2D eigenvalue weighted by molar-refractivity contribution is 7.16. The summed E-state index contributed by atoms with van der Waals surface area (Å²) in [6, 6.07) is 21.9. The zero-order valence-corrected chi connectivity index (χ0v) is 19.4. The topological polar surface area (TPSA) is 82.1 Å². The Kier molecular flexibility index (Phi) is 6.16. The lowest BCUT2D eigenvalue weighted by molar-refractivity contribution is 0.0920. The number of anilines is 1. The van der Waals surface area contributed by atoms with Gasteiger partial charge < -0.3 is 14.3 Å². The van der Waals surface area contributed by atoms with E-state index in [0.29, 0.717) is 34.5 Å². The lowest BCUT2D eigenvalue weighted by Gasteiger charge is -2.07. The molecule has 0 fully saturated rings. The van der Waals surface area contributed by atoms with Crippen molar-refractivity contribution in [3.8, 4) is 11.3 Å². The van der Waals surface area contributed by atoms with Crippen molar-refractivity contribution in [2.75, 3.05) is 5.32 Å². The molecule has 0 bridgehead atoms. The smallest absolute Gasteiger partial charge is 0.315 e. The van der Waals surface area contributed by atoms with Crippen LogP contribution >= 0.6 is 22.9 Å². The number of hydrogen-bond donors (Lipinski definition) is 1. The van der Waals surface area contributed by atoms with E-state index in [-0.39, 0.29) is 11.3 Å². The molecular formula is C25H19ClN4O3S. The van der Waals surface area contributed by atoms with Crippen LogP contribution in [-0.4, -0.2) is 20.3 Å². The Hall–Kier alpha value is -3.88. The number of aromatic nitrogens is 3. The first kappa shape index (κ1) is 21.9. The SMILES string of the molecule is O=C(c1ccco1)n1nc(-c2cccn(Cc3ccccc3)c2=O)cc1NCc1ccc(Cl)s1. The van der Waals surface area contributed by atoms with Crippen LogP contribution in [0.2, 0.25) is 4.34 Å². The normalized spacial score (nSPS) is 11.0. The van der Waals surface area contributed by atoms with E-state index in [1.54, 1.807) is 41.1 Å². The molecule has 5 aromatic rings. The third-order valence-electron chi connectivity index (χ3n) is 5.20. The number of pyridine rings is 1. The minimum Gasteiger partial charge on any atom is -0.459 e. The molecule has 7 nitrogen and oxygen atoms in total. The summed E-state index contributed by atoms with van der Waals surface area (Å²) in [7, 11) is 0. The maximum atomic E-state index is 13.3. The van der Waals surface area contributed by atoms with Crippen LogP contribution in [0.1, 0.15) is 21.0 Å². The first-order valence-corrected chi connectivity index (χ1v) is 11.7. The van der Waals surface area contributed by atoms with Crippen LogP contribution in [-0.2, 0) is 13.1 Å². The van der Waals surface area contributed by atoms with Crippen molar-refractivity contribution < 1.29 is 9.21 Å². The Morgan fingerprint density at radius 2 is 1.91 bits per heavy atom. The first-order chi connectivity index (χ1) is 16.6. The van der Waals surface area contributed by atoms with E-state index in [1.165, 1.54) is 22.3 Å². The van der Waals surface area contributed by atoms with Gasteiger partial charge in [0.25, 0.3) is 5.56 Å². The Bertz CT molecular complexity index is 1490. The highest BCUT2D eigenvalue weighted by Crippen LogP contribution is 2.25. The van der Waals surface area contributed by atoms with Gasteiger partial charge in [-0.25, -0.2) is 0 Å². The largest absolute Gasteiger partial charge is 0.459 e.